The van der Waals surface area contributed by atoms with Crippen LogP contribution in [0, 0.1) is 6.92 Å². The van der Waals surface area contributed by atoms with Crippen molar-refractivity contribution in [2.75, 3.05) is 42.5 Å². The lowest BCUT2D eigenvalue weighted by Crippen LogP contribution is -2.54. The van der Waals surface area contributed by atoms with Gasteiger partial charge in [0.25, 0.3) is 0 Å². The highest BCUT2D eigenvalue weighted by atomic mass is 35.5. The third-order valence-corrected chi connectivity index (χ3v) is 6.12. The Bertz CT molecular complexity index is 845. The maximum Gasteiger partial charge on any atom is 0.244 e. The number of piperazine rings is 1. The fourth-order valence-electron chi connectivity index (χ4n) is 4.22. The number of hydrogen-bond acceptors (Lipinski definition) is 3. The Labute approximate surface area is 166 Å². The van der Waals surface area contributed by atoms with E-state index in [0.717, 1.165) is 49.9 Å². The van der Waals surface area contributed by atoms with Gasteiger partial charge >= 0.3 is 0 Å². The molecule has 0 spiro atoms. The number of carbonyl (C=O) groups excluding carboxylic acids is 1. The largest absolute Gasteiger partial charge is 0.369 e. The molecule has 0 bridgehead atoms. The Morgan fingerprint density at radius 1 is 1.00 bits per heavy atom. The Balaban J connectivity index is 1.41. The molecule has 1 amide bonds. The van der Waals surface area contributed by atoms with Gasteiger partial charge in [0, 0.05) is 49.1 Å². The van der Waals surface area contributed by atoms with E-state index in [0.29, 0.717) is 0 Å². The van der Waals surface area contributed by atoms with Crippen LogP contribution in [0.1, 0.15) is 18.1 Å². The molecule has 27 heavy (non-hydrogen) atoms. The first kappa shape index (κ1) is 18.3. The smallest absolute Gasteiger partial charge is 0.244 e. The first-order chi connectivity index (χ1) is 13.0. The van der Waals surface area contributed by atoms with Crippen LogP contribution in [0.2, 0.25) is 5.02 Å². The van der Waals surface area contributed by atoms with Crippen LogP contribution in [-0.4, -0.2) is 49.6 Å². The van der Waals surface area contributed by atoms with Crippen LogP contribution in [0.25, 0.3) is 0 Å². The number of carbonyl (C=O) groups is 1. The quantitative estimate of drug-likeness (QED) is 0.807. The van der Waals surface area contributed by atoms with E-state index < -0.39 is 0 Å². The van der Waals surface area contributed by atoms with E-state index in [1.54, 1.807) is 0 Å². The summed E-state index contributed by atoms with van der Waals surface area (Å²) in [5.74, 6) is 0.215. The van der Waals surface area contributed by atoms with E-state index in [-0.39, 0.29) is 11.9 Å². The maximum atomic E-state index is 13.1. The van der Waals surface area contributed by atoms with Crippen LogP contribution < -0.4 is 9.80 Å². The predicted molar refractivity (Wildman–Crippen MR) is 112 cm³/mol. The van der Waals surface area contributed by atoms with Crippen molar-refractivity contribution in [3.63, 3.8) is 0 Å². The molecule has 5 heteroatoms. The summed E-state index contributed by atoms with van der Waals surface area (Å²) in [6.07, 6.45) is 0.955. The van der Waals surface area contributed by atoms with Gasteiger partial charge in [0.15, 0.2) is 0 Å². The number of hydrogen-bond donors (Lipinski definition) is 0. The number of benzene rings is 2. The predicted octanol–water partition coefficient (Wildman–Crippen LogP) is 3.75. The number of anilines is 2. The van der Waals surface area contributed by atoms with E-state index in [4.69, 9.17) is 11.6 Å². The third-order valence-electron chi connectivity index (χ3n) is 5.88. The number of amides is 1. The number of rotatable bonds is 3. The minimum atomic E-state index is -0.0984. The molecule has 4 nitrogen and oxygen atoms in total. The Morgan fingerprint density at radius 3 is 2.52 bits per heavy atom. The summed E-state index contributed by atoms with van der Waals surface area (Å²) in [5.41, 5.74) is 4.81. The Hall–Kier alpha value is -2.04. The normalized spacial score (nSPS) is 18.5. The summed E-state index contributed by atoms with van der Waals surface area (Å²) >= 11 is 6.18. The van der Waals surface area contributed by atoms with Gasteiger partial charge in [0.2, 0.25) is 5.91 Å². The molecule has 1 fully saturated rings. The molecule has 0 unspecified atom stereocenters. The number of para-hydroxylation sites is 1. The van der Waals surface area contributed by atoms with Gasteiger partial charge in [-0.1, -0.05) is 35.9 Å². The molecule has 2 aliphatic heterocycles. The number of fused-ring (bicyclic) bond motifs is 1. The van der Waals surface area contributed by atoms with Gasteiger partial charge in [-0.25, -0.2) is 0 Å². The van der Waals surface area contributed by atoms with Crippen molar-refractivity contribution >= 4 is 28.9 Å². The summed E-state index contributed by atoms with van der Waals surface area (Å²) in [6.45, 7) is 8.55. The second kappa shape index (κ2) is 7.53. The van der Waals surface area contributed by atoms with Crippen LogP contribution in [0.5, 0.6) is 0 Å². The van der Waals surface area contributed by atoms with Gasteiger partial charge in [-0.15, -0.1) is 0 Å². The lowest BCUT2D eigenvalue weighted by atomic mass is 10.1. The lowest BCUT2D eigenvalue weighted by molar-refractivity contribution is -0.123. The Morgan fingerprint density at radius 2 is 1.74 bits per heavy atom. The molecule has 1 atom stereocenters. The molecule has 2 heterocycles. The molecule has 0 N–H and O–H groups in total. The summed E-state index contributed by atoms with van der Waals surface area (Å²) in [7, 11) is 0. The molecule has 142 valence electrons. The molecule has 1 saturated heterocycles. The van der Waals surface area contributed by atoms with Gasteiger partial charge in [-0.2, -0.15) is 0 Å². The second-order valence-corrected chi connectivity index (χ2v) is 7.93. The highest BCUT2D eigenvalue weighted by Gasteiger charge is 2.32. The second-order valence-electron chi connectivity index (χ2n) is 7.50. The Kier molecular flexibility index (Phi) is 5.11. The fraction of sp³-hybridized carbons (Fsp3) is 0.409. The van der Waals surface area contributed by atoms with Crippen LogP contribution in [0.3, 0.4) is 0 Å². The monoisotopic (exact) mass is 383 g/mol. The number of nitrogens with zero attached hydrogens (tertiary/aromatic N) is 3. The average molecular weight is 384 g/mol. The molecule has 0 radical (unpaired) electrons. The zero-order valence-corrected chi connectivity index (χ0v) is 16.7. The minimum absolute atomic E-state index is 0.0984. The molecular weight excluding hydrogens is 358 g/mol. The minimum Gasteiger partial charge on any atom is -0.369 e. The fourth-order valence-corrected chi connectivity index (χ4v) is 4.39. The van der Waals surface area contributed by atoms with Crippen LogP contribution in [0.15, 0.2) is 42.5 Å². The first-order valence-corrected chi connectivity index (χ1v) is 10.1. The summed E-state index contributed by atoms with van der Waals surface area (Å²) in [6, 6.07) is 14.2. The zero-order valence-electron chi connectivity index (χ0n) is 16.0. The molecular formula is C22H26ClN3O. The summed E-state index contributed by atoms with van der Waals surface area (Å²) in [5, 5.41) is 0.772. The van der Waals surface area contributed by atoms with E-state index >= 15 is 0 Å². The van der Waals surface area contributed by atoms with Crippen molar-refractivity contribution in [3.8, 4) is 0 Å². The summed E-state index contributed by atoms with van der Waals surface area (Å²) < 4.78 is 0. The molecule has 0 saturated carbocycles. The molecule has 2 aromatic carbocycles. The highest BCUT2D eigenvalue weighted by Crippen LogP contribution is 2.29. The average Bonchev–Trinajstić information content (AvgIpc) is 3.13. The molecule has 2 aromatic rings. The van der Waals surface area contributed by atoms with Crippen LogP contribution in [-0.2, 0) is 11.2 Å². The number of halogens is 1. The standard InChI is InChI=1S/C22H26ClN3O/c1-16-7-8-19(23)15-21(16)25-13-11-24(12-14-25)17(2)22(27)26-10-9-18-5-3-4-6-20(18)26/h3-8,15,17H,9-14H2,1-2H3/t17-/m0/s1. The van der Waals surface area contributed by atoms with Crippen molar-refractivity contribution in [3.05, 3.63) is 58.6 Å². The molecule has 4 rings (SSSR count). The van der Waals surface area contributed by atoms with Crippen molar-refractivity contribution in [2.24, 2.45) is 0 Å². The molecule has 0 aliphatic carbocycles. The van der Waals surface area contributed by atoms with Crippen LogP contribution in [0.4, 0.5) is 11.4 Å². The van der Waals surface area contributed by atoms with E-state index in [9.17, 15) is 4.79 Å². The van der Waals surface area contributed by atoms with E-state index in [2.05, 4.69) is 34.9 Å². The van der Waals surface area contributed by atoms with Gasteiger partial charge < -0.3 is 9.80 Å². The van der Waals surface area contributed by atoms with Gasteiger partial charge in [0.05, 0.1) is 6.04 Å². The van der Waals surface area contributed by atoms with Gasteiger partial charge in [-0.05, 0) is 49.6 Å². The highest BCUT2D eigenvalue weighted by molar-refractivity contribution is 6.30. The van der Waals surface area contributed by atoms with Gasteiger partial charge in [-0.3, -0.25) is 9.69 Å². The lowest BCUT2D eigenvalue weighted by Gasteiger charge is -2.40. The maximum absolute atomic E-state index is 13.1. The van der Waals surface area contributed by atoms with E-state index in [1.807, 2.05) is 36.1 Å². The van der Waals surface area contributed by atoms with Crippen molar-refractivity contribution in [1.29, 1.82) is 0 Å². The zero-order chi connectivity index (χ0) is 19.0. The van der Waals surface area contributed by atoms with E-state index in [1.165, 1.54) is 16.8 Å². The van der Waals surface area contributed by atoms with Crippen LogP contribution >= 0.6 is 11.6 Å². The summed E-state index contributed by atoms with van der Waals surface area (Å²) in [4.78, 5) is 19.8. The van der Waals surface area contributed by atoms with Gasteiger partial charge in [0.1, 0.15) is 0 Å². The topological polar surface area (TPSA) is 26.8 Å². The van der Waals surface area contributed by atoms with Crippen molar-refractivity contribution < 1.29 is 4.79 Å². The number of aryl methyl sites for hydroxylation is 1. The third kappa shape index (κ3) is 3.56. The molecule has 0 aromatic heterocycles. The SMILES string of the molecule is Cc1ccc(Cl)cc1N1CCN([C@@H](C)C(=O)N2CCc3ccccc32)CC1. The van der Waals surface area contributed by atoms with Crippen molar-refractivity contribution in [2.45, 2.75) is 26.3 Å². The first-order valence-electron chi connectivity index (χ1n) is 9.69. The molecule has 2 aliphatic rings. The van der Waals surface area contributed by atoms with Crippen molar-refractivity contribution in [1.82, 2.24) is 4.90 Å².